The van der Waals surface area contributed by atoms with Crippen LogP contribution in [0.5, 0.6) is 0 Å². The third kappa shape index (κ3) is 3.26. The third-order valence-corrected chi connectivity index (χ3v) is 1.39. The van der Waals surface area contributed by atoms with Gasteiger partial charge in [0, 0.05) is 19.5 Å². The molecule has 72 valence electrons. The standard InChI is InChI=1S/C8H6O4.CH3.Zn/c9-7(10)5-3-1-2-4-6(5)8(11)12;;/h1-4H,(H,9,10)(H,11,12);1H3;/q;-1;. The summed E-state index contributed by atoms with van der Waals surface area (Å²) in [6.07, 6.45) is 0. The van der Waals surface area contributed by atoms with Crippen molar-refractivity contribution in [3.05, 3.63) is 42.8 Å². The summed E-state index contributed by atoms with van der Waals surface area (Å²) in [6, 6.07) is 5.48. The summed E-state index contributed by atoms with van der Waals surface area (Å²) >= 11 is 0. The van der Waals surface area contributed by atoms with E-state index in [1.807, 2.05) is 0 Å². The van der Waals surface area contributed by atoms with E-state index in [0.717, 1.165) is 0 Å². The molecular formula is C9H9O4Zn-. The van der Waals surface area contributed by atoms with Crippen molar-refractivity contribution < 1.29 is 39.3 Å². The Labute approximate surface area is 94.3 Å². The molecule has 2 N–H and O–H groups in total. The van der Waals surface area contributed by atoms with Crippen LogP contribution >= 0.6 is 0 Å². The molecule has 0 fully saturated rings. The number of hydrogen-bond acceptors (Lipinski definition) is 2. The third-order valence-electron chi connectivity index (χ3n) is 1.39. The molecular weight excluding hydrogens is 237 g/mol. The first-order valence-corrected chi connectivity index (χ1v) is 3.18. The predicted molar refractivity (Wildman–Crippen MR) is 46.8 cm³/mol. The molecule has 0 atom stereocenters. The molecule has 0 saturated carbocycles. The minimum Gasteiger partial charge on any atom is -0.478 e. The second kappa shape index (κ2) is 6.27. The molecule has 0 aliphatic carbocycles. The quantitative estimate of drug-likeness (QED) is 0.613. The van der Waals surface area contributed by atoms with Crippen LogP contribution in [0.4, 0.5) is 0 Å². The maximum absolute atomic E-state index is 10.5. The maximum Gasteiger partial charge on any atom is 0.336 e. The van der Waals surface area contributed by atoms with Gasteiger partial charge in [-0.3, -0.25) is 0 Å². The maximum atomic E-state index is 10.5. The van der Waals surface area contributed by atoms with Crippen LogP contribution in [-0.2, 0) is 19.5 Å². The average Bonchev–Trinajstić information content (AvgIpc) is 2.04. The molecule has 0 aliphatic heterocycles. The van der Waals surface area contributed by atoms with E-state index in [-0.39, 0.29) is 38.0 Å². The molecule has 0 saturated heterocycles. The summed E-state index contributed by atoms with van der Waals surface area (Å²) in [5.41, 5.74) is -0.380. The van der Waals surface area contributed by atoms with Gasteiger partial charge < -0.3 is 17.6 Å². The van der Waals surface area contributed by atoms with Crippen LogP contribution in [0.1, 0.15) is 20.7 Å². The minimum atomic E-state index is -1.23. The number of hydrogen-bond donors (Lipinski definition) is 2. The Morgan fingerprint density at radius 3 is 1.43 bits per heavy atom. The van der Waals surface area contributed by atoms with Crippen molar-refractivity contribution in [3.63, 3.8) is 0 Å². The Morgan fingerprint density at radius 2 is 1.21 bits per heavy atom. The van der Waals surface area contributed by atoms with Crippen molar-refractivity contribution in [2.24, 2.45) is 0 Å². The van der Waals surface area contributed by atoms with Crippen LogP contribution in [0.2, 0.25) is 0 Å². The van der Waals surface area contributed by atoms with Crippen LogP contribution in [0, 0.1) is 7.43 Å². The van der Waals surface area contributed by atoms with Crippen LogP contribution < -0.4 is 0 Å². The molecule has 0 radical (unpaired) electrons. The van der Waals surface area contributed by atoms with E-state index in [9.17, 15) is 9.59 Å². The molecule has 0 spiro atoms. The van der Waals surface area contributed by atoms with Gasteiger partial charge in [-0.15, -0.1) is 0 Å². The molecule has 0 aromatic heterocycles. The van der Waals surface area contributed by atoms with E-state index < -0.39 is 11.9 Å². The first kappa shape index (κ1) is 15.3. The van der Waals surface area contributed by atoms with Gasteiger partial charge >= 0.3 is 11.9 Å². The predicted octanol–water partition coefficient (Wildman–Crippen LogP) is 1.53. The smallest absolute Gasteiger partial charge is 0.336 e. The zero-order chi connectivity index (χ0) is 9.14. The molecule has 0 bridgehead atoms. The Balaban J connectivity index is 0. The molecule has 14 heavy (non-hydrogen) atoms. The Bertz CT molecular complexity index is 302. The van der Waals surface area contributed by atoms with Crippen molar-refractivity contribution in [3.8, 4) is 0 Å². The summed E-state index contributed by atoms with van der Waals surface area (Å²) in [5, 5.41) is 17.1. The van der Waals surface area contributed by atoms with E-state index >= 15 is 0 Å². The minimum absolute atomic E-state index is 0. The second-order valence-corrected chi connectivity index (χ2v) is 2.16. The van der Waals surface area contributed by atoms with Crippen molar-refractivity contribution >= 4 is 11.9 Å². The second-order valence-electron chi connectivity index (χ2n) is 2.16. The van der Waals surface area contributed by atoms with Crippen LogP contribution in [0.3, 0.4) is 0 Å². The molecule has 4 nitrogen and oxygen atoms in total. The Morgan fingerprint density at radius 1 is 0.929 bits per heavy atom. The first-order valence-electron chi connectivity index (χ1n) is 3.18. The largest absolute Gasteiger partial charge is 0.478 e. The Hall–Kier alpha value is -1.22. The van der Waals surface area contributed by atoms with Crippen LogP contribution in [0.25, 0.3) is 0 Å². The molecule has 0 amide bonds. The van der Waals surface area contributed by atoms with E-state index in [0.29, 0.717) is 0 Å². The Kier molecular flexibility index (Phi) is 6.84. The van der Waals surface area contributed by atoms with Gasteiger partial charge in [-0.25, -0.2) is 9.59 Å². The molecule has 1 rings (SSSR count). The summed E-state index contributed by atoms with van der Waals surface area (Å²) in [7, 11) is 0. The van der Waals surface area contributed by atoms with Gasteiger partial charge in [0.15, 0.2) is 0 Å². The van der Waals surface area contributed by atoms with Crippen molar-refractivity contribution in [2.75, 3.05) is 0 Å². The summed E-state index contributed by atoms with van der Waals surface area (Å²) < 4.78 is 0. The number of aromatic carboxylic acids is 2. The van der Waals surface area contributed by atoms with Gasteiger partial charge in [-0.2, -0.15) is 0 Å². The zero-order valence-electron chi connectivity index (χ0n) is 7.73. The van der Waals surface area contributed by atoms with Gasteiger partial charge in [0.25, 0.3) is 0 Å². The van der Waals surface area contributed by atoms with Gasteiger partial charge in [0.2, 0.25) is 0 Å². The number of carboxylic acids is 2. The van der Waals surface area contributed by atoms with E-state index in [1.165, 1.54) is 24.3 Å². The fourth-order valence-corrected chi connectivity index (χ4v) is 0.856. The molecule has 0 heterocycles. The van der Waals surface area contributed by atoms with E-state index in [1.54, 1.807) is 0 Å². The van der Waals surface area contributed by atoms with Gasteiger partial charge in [0.05, 0.1) is 11.1 Å². The van der Waals surface area contributed by atoms with Crippen molar-refractivity contribution in [2.45, 2.75) is 0 Å². The zero-order valence-corrected chi connectivity index (χ0v) is 10.7. The SMILES string of the molecule is O=C(O)c1ccccc1C(=O)O.[CH3-].[Zn]. The molecule has 5 heteroatoms. The average molecular weight is 247 g/mol. The number of rotatable bonds is 2. The first-order chi connectivity index (χ1) is 5.63. The fraction of sp³-hybridized carbons (Fsp3) is 0. The summed E-state index contributed by atoms with van der Waals surface area (Å²) in [4.78, 5) is 20.9. The number of carboxylic acid groups (broad SMARTS) is 2. The van der Waals surface area contributed by atoms with E-state index in [4.69, 9.17) is 10.2 Å². The molecule has 0 aliphatic rings. The topological polar surface area (TPSA) is 74.6 Å². The van der Waals surface area contributed by atoms with Crippen molar-refractivity contribution in [1.29, 1.82) is 0 Å². The number of carbonyl (C=O) groups is 2. The number of benzene rings is 1. The van der Waals surface area contributed by atoms with Crippen molar-refractivity contribution in [1.82, 2.24) is 0 Å². The van der Waals surface area contributed by atoms with Gasteiger partial charge in [-0.1, -0.05) is 12.1 Å². The molecule has 1 aromatic rings. The normalized spacial score (nSPS) is 8.00. The summed E-state index contributed by atoms with van der Waals surface area (Å²) in [5.74, 6) is -2.46. The molecule has 1 aromatic carbocycles. The van der Waals surface area contributed by atoms with Gasteiger partial charge in [0.1, 0.15) is 0 Å². The summed E-state index contributed by atoms with van der Waals surface area (Å²) in [6.45, 7) is 0. The monoisotopic (exact) mass is 245 g/mol. The molecule has 0 unspecified atom stereocenters. The fourth-order valence-electron chi connectivity index (χ4n) is 0.856. The van der Waals surface area contributed by atoms with E-state index in [2.05, 4.69) is 0 Å². The van der Waals surface area contributed by atoms with Crippen LogP contribution in [0.15, 0.2) is 24.3 Å². The van der Waals surface area contributed by atoms with Crippen LogP contribution in [-0.4, -0.2) is 22.2 Å². The van der Waals surface area contributed by atoms with Gasteiger partial charge in [-0.05, 0) is 12.1 Å².